The molecule has 5 amide bonds. The van der Waals surface area contributed by atoms with E-state index in [2.05, 4.69) is 15.3 Å². The van der Waals surface area contributed by atoms with Crippen LogP contribution >= 0.6 is 11.8 Å². The van der Waals surface area contributed by atoms with E-state index in [4.69, 9.17) is 20.9 Å². The monoisotopic (exact) mass is 723 g/mol. The molecule has 2 saturated heterocycles. The average Bonchev–Trinajstić information content (AvgIpc) is 3.13. The number of amides is 5. The number of benzene rings is 1. The van der Waals surface area contributed by atoms with Crippen LogP contribution in [-0.4, -0.2) is 125 Å². The summed E-state index contributed by atoms with van der Waals surface area (Å²) < 4.78 is 11.8. The van der Waals surface area contributed by atoms with Crippen molar-refractivity contribution in [3.63, 3.8) is 0 Å². The minimum Gasteiger partial charge on any atom is -0.446 e. The molecule has 276 valence electrons. The Kier molecular flexibility index (Phi) is 14.0. The van der Waals surface area contributed by atoms with Crippen LogP contribution in [0.25, 0.3) is 0 Å². The zero-order valence-electron chi connectivity index (χ0n) is 29.0. The molecule has 1 saturated carbocycles. The van der Waals surface area contributed by atoms with Gasteiger partial charge >= 0.3 is 18.2 Å². The van der Waals surface area contributed by atoms with Gasteiger partial charge in [0, 0.05) is 88.4 Å². The molecule has 3 fully saturated rings. The second kappa shape index (κ2) is 19.0. The summed E-state index contributed by atoms with van der Waals surface area (Å²) in [5.74, 6) is 0.789. The van der Waals surface area contributed by atoms with E-state index in [1.165, 1.54) is 0 Å². The summed E-state index contributed by atoms with van der Waals surface area (Å²) in [4.78, 5) is 67.2. The quantitative estimate of drug-likeness (QED) is 0.196. The number of nitrogens with one attached hydrogen (secondary N) is 1. The number of carbonyl (C=O) groups excluding carboxylic acids is 4. The predicted octanol–water partition coefficient (Wildman–Crippen LogP) is 3.50. The molecule has 0 bridgehead atoms. The lowest BCUT2D eigenvalue weighted by atomic mass is 9.96. The number of aliphatic imine (C=N–C) groups is 1. The first-order chi connectivity index (χ1) is 24.7. The molecular formula is C35H49N9O6S. The van der Waals surface area contributed by atoms with Crippen molar-refractivity contribution >= 4 is 47.5 Å². The molecule has 0 unspecified atom stereocenters. The lowest BCUT2D eigenvalue weighted by Gasteiger charge is -2.36. The first-order valence-electron chi connectivity index (χ1n) is 17.7. The third kappa shape index (κ3) is 11.9. The Morgan fingerprint density at radius 3 is 1.78 bits per heavy atom. The largest absolute Gasteiger partial charge is 0.446 e. The van der Waals surface area contributed by atoms with Gasteiger partial charge in [0.15, 0.2) is 5.96 Å². The molecule has 0 atom stereocenters. The number of urea groups is 1. The Hall–Kier alpha value is -4.73. The van der Waals surface area contributed by atoms with Crippen LogP contribution in [0.1, 0.15) is 50.5 Å². The summed E-state index contributed by atoms with van der Waals surface area (Å²) in [5.41, 5.74) is 12.4. The van der Waals surface area contributed by atoms with Gasteiger partial charge in [0.25, 0.3) is 0 Å². The maximum Gasteiger partial charge on any atom is 0.410 e. The molecule has 51 heavy (non-hydrogen) atoms. The number of pyridine rings is 1. The predicted molar refractivity (Wildman–Crippen MR) is 193 cm³/mol. The highest BCUT2D eigenvalue weighted by Crippen LogP contribution is 2.24. The minimum atomic E-state index is -0.352. The number of carbonyl (C=O) groups is 4. The molecule has 5 rings (SSSR count). The maximum absolute atomic E-state index is 13.0. The number of hydrogen-bond acceptors (Lipinski definition) is 9. The van der Waals surface area contributed by atoms with E-state index < -0.39 is 0 Å². The van der Waals surface area contributed by atoms with Crippen LogP contribution in [0, 0.1) is 0 Å². The standard InChI is InChI=1S/C35H49N9O6S/c36-32(37)40-27-9-7-26(8-10-27)25-39-33(46)42-18-22-44(23-19-42)35(48)50-29-5-1-3-28(4-2-6-29)49-34(47)43-20-16-41(17-21-43)31(45)13-24-51-30-11-14-38-15-12-30/h7-12,14-15,28-29H,1-6,13,16-25H2,(H,39,46)(H4,36,37,40). The van der Waals surface area contributed by atoms with Crippen molar-refractivity contribution in [2.75, 3.05) is 58.1 Å². The van der Waals surface area contributed by atoms with Gasteiger partial charge < -0.3 is 45.9 Å². The molecule has 15 nitrogen and oxygen atoms in total. The van der Waals surface area contributed by atoms with E-state index in [1.54, 1.807) is 51.0 Å². The minimum absolute atomic E-state index is 0.0147. The summed E-state index contributed by atoms with van der Waals surface area (Å²) in [6.07, 6.45) is 7.27. The molecule has 3 aliphatic rings. The highest BCUT2D eigenvalue weighted by molar-refractivity contribution is 7.99. The number of aromatic nitrogens is 1. The molecule has 2 aliphatic heterocycles. The molecule has 1 aliphatic carbocycles. The van der Waals surface area contributed by atoms with Gasteiger partial charge in [0.05, 0.1) is 5.69 Å². The van der Waals surface area contributed by atoms with Gasteiger partial charge in [0.2, 0.25) is 5.91 Å². The second-order valence-corrected chi connectivity index (χ2v) is 14.0. The number of thioether (sulfide) groups is 1. The van der Waals surface area contributed by atoms with Crippen LogP contribution in [0.5, 0.6) is 0 Å². The van der Waals surface area contributed by atoms with Gasteiger partial charge in [0.1, 0.15) is 12.2 Å². The van der Waals surface area contributed by atoms with Crippen LogP contribution in [0.2, 0.25) is 0 Å². The van der Waals surface area contributed by atoms with E-state index >= 15 is 0 Å². The SMILES string of the molecule is NC(N)=Nc1ccc(CNC(=O)N2CCN(C(=O)OC3CCCC(OC(=O)N4CCN(C(=O)CCSc5ccncc5)CC4)CCC3)CC2)cc1. The maximum atomic E-state index is 13.0. The summed E-state index contributed by atoms with van der Waals surface area (Å²) in [7, 11) is 0. The Labute approximate surface area is 303 Å². The first kappa shape index (κ1) is 37.5. The third-order valence-corrected chi connectivity index (χ3v) is 10.2. The average molecular weight is 724 g/mol. The fourth-order valence-corrected chi connectivity index (χ4v) is 7.14. The number of piperazine rings is 2. The van der Waals surface area contributed by atoms with E-state index in [0.717, 1.165) is 23.3 Å². The topological polar surface area (TPSA) is 189 Å². The van der Waals surface area contributed by atoms with Crippen molar-refractivity contribution in [3.8, 4) is 0 Å². The van der Waals surface area contributed by atoms with Gasteiger partial charge in [-0.05, 0) is 68.4 Å². The number of rotatable bonds is 9. The number of hydrogen-bond donors (Lipinski definition) is 3. The van der Waals surface area contributed by atoms with Gasteiger partial charge in [-0.25, -0.2) is 19.4 Å². The van der Waals surface area contributed by atoms with Crippen molar-refractivity contribution in [1.82, 2.24) is 29.9 Å². The van der Waals surface area contributed by atoms with E-state index in [0.29, 0.717) is 102 Å². The Morgan fingerprint density at radius 1 is 0.745 bits per heavy atom. The van der Waals surface area contributed by atoms with Gasteiger partial charge in [-0.15, -0.1) is 11.8 Å². The molecule has 3 heterocycles. The molecule has 5 N–H and O–H groups in total. The lowest BCUT2D eigenvalue weighted by molar-refractivity contribution is -0.132. The van der Waals surface area contributed by atoms with Gasteiger partial charge in [-0.1, -0.05) is 12.1 Å². The van der Waals surface area contributed by atoms with Crippen LogP contribution in [0.15, 0.2) is 58.7 Å². The van der Waals surface area contributed by atoms with E-state index in [9.17, 15) is 19.2 Å². The van der Waals surface area contributed by atoms with Crippen molar-refractivity contribution in [2.45, 2.75) is 68.6 Å². The fourth-order valence-electron chi connectivity index (χ4n) is 6.31. The molecule has 1 aromatic carbocycles. The van der Waals surface area contributed by atoms with Crippen LogP contribution < -0.4 is 16.8 Å². The van der Waals surface area contributed by atoms with Crippen molar-refractivity contribution in [1.29, 1.82) is 0 Å². The Balaban J connectivity index is 0.932. The molecule has 0 radical (unpaired) electrons. The van der Waals surface area contributed by atoms with E-state index in [1.807, 2.05) is 29.2 Å². The zero-order chi connectivity index (χ0) is 36.0. The highest BCUT2D eigenvalue weighted by atomic mass is 32.2. The van der Waals surface area contributed by atoms with Gasteiger partial charge in [-0.2, -0.15) is 0 Å². The summed E-state index contributed by atoms with van der Waals surface area (Å²) in [5, 5.41) is 2.92. The van der Waals surface area contributed by atoms with E-state index in [-0.39, 0.29) is 42.3 Å². The number of nitrogens with zero attached hydrogens (tertiary/aromatic N) is 6. The number of nitrogens with two attached hydrogens (primary N) is 2. The molecule has 2 aromatic rings. The zero-order valence-corrected chi connectivity index (χ0v) is 29.8. The Morgan fingerprint density at radius 2 is 1.25 bits per heavy atom. The van der Waals surface area contributed by atoms with Crippen molar-refractivity contribution in [2.24, 2.45) is 16.5 Å². The smallest absolute Gasteiger partial charge is 0.410 e. The lowest BCUT2D eigenvalue weighted by Crippen LogP contribution is -2.53. The summed E-state index contributed by atoms with van der Waals surface area (Å²) >= 11 is 1.63. The molecular weight excluding hydrogens is 675 g/mol. The van der Waals surface area contributed by atoms with Gasteiger partial charge in [-0.3, -0.25) is 9.78 Å². The summed E-state index contributed by atoms with van der Waals surface area (Å²) in [6.45, 7) is 3.93. The number of guanidine groups is 1. The Bertz CT molecular complexity index is 1470. The second-order valence-electron chi connectivity index (χ2n) is 12.9. The van der Waals surface area contributed by atoms with Crippen LogP contribution in [0.4, 0.5) is 20.1 Å². The molecule has 16 heteroatoms. The number of ether oxygens (including phenoxy) is 2. The van der Waals surface area contributed by atoms with Crippen molar-refractivity contribution < 1.29 is 28.7 Å². The third-order valence-electron chi connectivity index (χ3n) is 9.23. The fraction of sp³-hybridized carbons (Fsp3) is 0.543. The normalized spacial score (nSPS) is 19.7. The van der Waals surface area contributed by atoms with Crippen LogP contribution in [-0.2, 0) is 20.8 Å². The molecule has 1 aromatic heterocycles. The highest BCUT2D eigenvalue weighted by Gasteiger charge is 2.30. The van der Waals surface area contributed by atoms with Crippen LogP contribution in [0.3, 0.4) is 0 Å². The van der Waals surface area contributed by atoms with Crippen molar-refractivity contribution in [3.05, 3.63) is 54.4 Å². The summed E-state index contributed by atoms with van der Waals surface area (Å²) in [6, 6.07) is 10.9. The molecule has 0 spiro atoms. The first-order valence-corrected chi connectivity index (χ1v) is 18.6.